The molecule has 3 aromatic rings. The van der Waals surface area contributed by atoms with E-state index >= 15 is 0 Å². The molecule has 132 valence electrons. The first-order valence-corrected chi connectivity index (χ1v) is 9.20. The van der Waals surface area contributed by atoms with E-state index < -0.39 is 0 Å². The number of rotatable bonds is 5. The first-order chi connectivity index (χ1) is 12.6. The number of hydrogen-bond donors (Lipinski definition) is 1. The maximum atomic E-state index is 12.3. The molecule has 1 aromatic heterocycles. The van der Waals surface area contributed by atoms with Crippen LogP contribution in [0.5, 0.6) is 5.75 Å². The summed E-state index contributed by atoms with van der Waals surface area (Å²) in [4.78, 5) is 27.3. The van der Waals surface area contributed by atoms with Gasteiger partial charge >= 0.3 is 0 Å². The predicted molar refractivity (Wildman–Crippen MR) is 106 cm³/mol. The van der Waals surface area contributed by atoms with Gasteiger partial charge in [-0.25, -0.2) is 0 Å². The third kappa shape index (κ3) is 4.31. The highest BCUT2D eigenvalue weighted by atomic mass is 35.5. The van der Waals surface area contributed by atoms with Crippen molar-refractivity contribution < 1.29 is 9.53 Å². The van der Waals surface area contributed by atoms with Crippen LogP contribution < -0.4 is 19.5 Å². The van der Waals surface area contributed by atoms with Crippen molar-refractivity contribution in [2.75, 3.05) is 6.61 Å². The van der Waals surface area contributed by atoms with E-state index in [1.807, 2.05) is 31.2 Å². The van der Waals surface area contributed by atoms with Gasteiger partial charge in [0.1, 0.15) is 5.75 Å². The van der Waals surface area contributed by atoms with Crippen LogP contribution in [0.2, 0.25) is 5.02 Å². The van der Waals surface area contributed by atoms with Crippen LogP contribution in [0.15, 0.2) is 53.3 Å². The zero-order valence-corrected chi connectivity index (χ0v) is 15.6. The van der Waals surface area contributed by atoms with Gasteiger partial charge in [-0.2, -0.15) is 0 Å². The molecule has 0 saturated carbocycles. The highest BCUT2D eigenvalue weighted by molar-refractivity contribution is 7.07. The third-order valence-electron chi connectivity index (χ3n) is 3.56. The number of carbonyl (C=O) groups is 1. The number of aromatic amines is 1. The number of thiazole rings is 1. The Morgan fingerprint density at radius 3 is 2.81 bits per heavy atom. The van der Waals surface area contributed by atoms with Crippen LogP contribution in [-0.4, -0.2) is 17.4 Å². The van der Waals surface area contributed by atoms with Crippen molar-refractivity contribution in [3.05, 3.63) is 84.2 Å². The van der Waals surface area contributed by atoms with Gasteiger partial charge in [0.2, 0.25) is 0 Å². The molecule has 1 heterocycles. The molecule has 3 rings (SSSR count). The summed E-state index contributed by atoms with van der Waals surface area (Å²) in [5.41, 5.74) is 1.04. The standard InChI is InChI=1S/C20H16ClNO3S/c1-2-25-17-9-4-3-6-14(17)11-18-20(24)22-19(26-18)12-16(23)13-7-5-8-15(21)10-13/h3-12H,2H2,1H3,(H,22,24)/b18-11-,19-12-. The van der Waals surface area contributed by atoms with E-state index in [9.17, 15) is 9.59 Å². The molecule has 0 radical (unpaired) electrons. The van der Waals surface area contributed by atoms with Crippen molar-refractivity contribution in [2.45, 2.75) is 6.92 Å². The lowest BCUT2D eigenvalue weighted by atomic mass is 10.1. The van der Waals surface area contributed by atoms with E-state index in [2.05, 4.69) is 4.98 Å². The molecule has 6 heteroatoms. The lowest BCUT2D eigenvalue weighted by Gasteiger charge is -2.05. The summed E-state index contributed by atoms with van der Waals surface area (Å²) in [5, 5.41) is 0.491. The molecule has 0 bridgehead atoms. The van der Waals surface area contributed by atoms with E-state index in [4.69, 9.17) is 16.3 Å². The molecule has 26 heavy (non-hydrogen) atoms. The largest absolute Gasteiger partial charge is 0.493 e. The summed E-state index contributed by atoms with van der Waals surface area (Å²) in [6.07, 6.45) is 3.17. The van der Waals surface area contributed by atoms with Gasteiger partial charge < -0.3 is 9.72 Å². The minimum absolute atomic E-state index is 0.216. The fourth-order valence-electron chi connectivity index (χ4n) is 2.40. The Morgan fingerprint density at radius 2 is 2.04 bits per heavy atom. The zero-order valence-electron chi connectivity index (χ0n) is 14.0. The number of hydrogen-bond acceptors (Lipinski definition) is 4. The molecule has 1 N–H and O–H groups in total. The van der Waals surface area contributed by atoms with Crippen molar-refractivity contribution in [3.8, 4) is 5.75 Å². The molecule has 0 amide bonds. The molecule has 0 unspecified atom stereocenters. The van der Waals surface area contributed by atoms with Crippen molar-refractivity contribution in [3.63, 3.8) is 0 Å². The highest BCUT2D eigenvalue weighted by Gasteiger charge is 2.05. The molecular weight excluding hydrogens is 370 g/mol. The molecule has 4 nitrogen and oxygen atoms in total. The minimum atomic E-state index is -0.244. The molecule has 0 saturated heterocycles. The van der Waals surface area contributed by atoms with Crippen LogP contribution in [0.3, 0.4) is 0 Å². The van der Waals surface area contributed by atoms with Gasteiger partial charge in [-0.15, -0.1) is 11.3 Å². The van der Waals surface area contributed by atoms with Crippen LogP contribution >= 0.6 is 22.9 Å². The predicted octanol–water partition coefficient (Wildman–Crippen LogP) is 2.98. The Kier molecular flexibility index (Phi) is 5.71. The Hall–Kier alpha value is -2.63. The number of carbonyl (C=O) groups excluding carboxylic acids is 1. The SMILES string of the molecule is CCOc1ccccc1/C=c1\s/c(=C\C(=O)c2cccc(Cl)c2)[nH]c1=O. The van der Waals surface area contributed by atoms with Crippen LogP contribution in [0.4, 0.5) is 0 Å². The van der Waals surface area contributed by atoms with Gasteiger partial charge in [-0.1, -0.05) is 41.9 Å². The monoisotopic (exact) mass is 385 g/mol. The zero-order chi connectivity index (χ0) is 18.5. The van der Waals surface area contributed by atoms with E-state index in [1.165, 1.54) is 17.4 Å². The van der Waals surface area contributed by atoms with Crippen LogP contribution in [0, 0.1) is 0 Å². The summed E-state index contributed by atoms with van der Waals surface area (Å²) in [6, 6.07) is 14.2. The van der Waals surface area contributed by atoms with Gasteiger partial charge in [0.15, 0.2) is 5.78 Å². The molecule has 0 aliphatic heterocycles. The van der Waals surface area contributed by atoms with Gasteiger partial charge in [0.25, 0.3) is 5.56 Å². The quantitative estimate of drug-likeness (QED) is 0.687. The number of nitrogens with one attached hydrogen (secondary N) is 1. The first kappa shape index (κ1) is 18.2. The van der Waals surface area contributed by atoms with Gasteiger partial charge in [-0.3, -0.25) is 9.59 Å². The van der Waals surface area contributed by atoms with Gasteiger partial charge in [-0.05, 0) is 31.2 Å². The Balaban J connectivity index is 2.00. The van der Waals surface area contributed by atoms with Crippen molar-refractivity contribution in [2.24, 2.45) is 0 Å². The topological polar surface area (TPSA) is 59.2 Å². The van der Waals surface area contributed by atoms with Crippen LogP contribution in [0.25, 0.3) is 12.2 Å². The lowest BCUT2D eigenvalue weighted by Crippen LogP contribution is -2.20. The smallest absolute Gasteiger partial charge is 0.266 e. The summed E-state index contributed by atoms with van der Waals surface area (Å²) in [5.74, 6) is 0.495. The number of halogens is 1. The second kappa shape index (κ2) is 8.17. The van der Waals surface area contributed by atoms with E-state index in [0.717, 1.165) is 5.56 Å². The Labute approximate surface area is 159 Å². The molecule has 2 aromatic carbocycles. The van der Waals surface area contributed by atoms with Crippen molar-refractivity contribution in [1.29, 1.82) is 0 Å². The maximum Gasteiger partial charge on any atom is 0.266 e. The first-order valence-electron chi connectivity index (χ1n) is 8.01. The summed E-state index contributed by atoms with van der Waals surface area (Å²) in [6.45, 7) is 2.45. The Morgan fingerprint density at radius 1 is 1.23 bits per heavy atom. The van der Waals surface area contributed by atoms with Gasteiger partial charge in [0, 0.05) is 22.2 Å². The second-order valence-corrected chi connectivity index (χ2v) is 6.94. The summed E-state index contributed by atoms with van der Waals surface area (Å²) in [7, 11) is 0. The highest BCUT2D eigenvalue weighted by Crippen LogP contribution is 2.18. The molecule has 0 aliphatic rings. The van der Waals surface area contributed by atoms with E-state index in [1.54, 1.807) is 30.3 Å². The normalized spacial score (nSPS) is 12.4. The second-order valence-electron chi connectivity index (χ2n) is 5.42. The summed E-state index contributed by atoms with van der Waals surface area (Å²) >= 11 is 7.13. The number of ether oxygens (including phenoxy) is 1. The molecule has 0 aliphatic carbocycles. The number of para-hydroxylation sites is 1. The number of H-pyrrole nitrogens is 1. The molecular formula is C20H16ClNO3S. The number of benzene rings is 2. The van der Waals surface area contributed by atoms with Crippen molar-refractivity contribution in [1.82, 2.24) is 4.98 Å². The van der Waals surface area contributed by atoms with E-state index in [-0.39, 0.29) is 11.3 Å². The summed E-state index contributed by atoms with van der Waals surface area (Å²) < 4.78 is 6.56. The van der Waals surface area contributed by atoms with Crippen molar-refractivity contribution >= 4 is 40.9 Å². The van der Waals surface area contributed by atoms with Gasteiger partial charge in [0.05, 0.1) is 15.8 Å². The maximum absolute atomic E-state index is 12.3. The number of Topliss-reactive ketones (excluding diaryl/α,β-unsaturated/α-hetero) is 1. The number of aromatic nitrogens is 1. The fraction of sp³-hybridized carbons (Fsp3) is 0.100. The minimum Gasteiger partial charge on any atom is -0.493 e. The fourth-order valence-corrected chi connectivity index (χ4v) is 3.46. The molecule has 0 fully saturated rings. The average molecular weight is 386 g/mol. The molecule has 0 atom stereocenters. The average Bonchev–Trinajstić information content (AvgIpc) is 2.96. The van der Waals surface area contributed by atoms with Crippen LogP contribution in [-0.2, 0) is 0 Å². The Bertz CT molecular complexity index is 1110. The van der Waals surface area contributed by atoms with E-state index in [0.29, 0.717) is 32.1 Å². The number of ketones is 1. The third-order valence-corrected chi connectivity index (χ3v) is 4.76. The lowest BCUT2D eigenvalue weighted by molar-refractivity contribution is 0.106. The molecule has 0 spiro atoms. The van der Waals surface area contributed by atoms with Crippen LogP contribution in [0.1, 0.15) is 22.8 Å².